The number of unbranched alkanes of at least 4 members (excludes halogenated alkanes) is 4. The Labute approximate surface area is 128 Å². The van der Waals surface area contributed by atoms with Gasteiger partial charge in [0.15, 0.2) is 0 Å². The summed E-state index contributed by atoms with van der Waals surface area (Å²) in [7, 11) is 0. The summed E-state index contributed by atoms with van der Waals surface area (Å²) in [4.78, 5) is 4.73. The summed E-state index contributed by atoms with van der Waals surface area (Å²) < 4.78 is 2.31. The van der Waals surface area contributed by atoms with Gasteiger partial charge in [0.25, 0.3) is 0 Å². The van der Waals surface area contributed by atoms with Gasteiger partial charge in [-0.05, 0) is 30.0 Å². The fraction of sp³-hybridized carbons (Fsp3) is 0.611. The average molecular weight is 287 g/mol. The van der Waals surface area contributed by atoms with Crippen LogP contribution in [-0.4, -0.2) is 9.55 Å². The van der Waals surface area contributed by atoms with Crippen LogP contribution in [0.15, 0.2) is 18.2 Å². The van der Waals surface area contributed by atoms with Crippen molar-refractivity contribution in [2.24, 2.45) is 5.73 Å². The molecule has 0 aliphatic rings. The first-order valence-corrected chi connectivity index (χ1v) is 8.36. The van der Waals surface area contributed by atoms with Gasteiger partial charge in [-0.2, -0.15) is 0 Å². The van der Waals surface area contributed by atoms with Crippen LogP contribution in [0.2, 0.25) is 0 Å². The van der Waals surface area contributed by atoms with Crippen molar-refractivity contribution in [1.82, 2.24) is 9.55 Å². The van der Waals surface area contributed by atoms with E-state index in [0.717, 1.165) is 17.9 Å². The lowest BCUT2D eigenvalue weighted by molar-refractivity contribution is 0.562. The predicted octanol–water partition coefficient (Wildman–Crippen LogP) is 4.59. The number of hydrogen-bond donors (Lipinski definition) is 1. The lowest BCUT2D eigenvalue weighted by atomic mass is 10.0. The Hall–Kier alpha value is -1.35. The van der Waals surface area contributed by atoms with Crippen molar-refractivity contribution < 1.29 is 0 Å². The molecule has 0 fully saturated rings. The van der Waals surface area contributed by atoms with Crippen LogP contribution in [0.1, 0.15) is 70.2 Å². The minimum atomic E-state index is 0.515. The van der Waals surface area contributed by atoms with Gasteiger partial charge in [0, 0.05) is 6.54 Å². The van der Waals surface area contributed by atoms with Crippen molar-refractivity contribution in [1.29, 1.82) is 0 Å². The molecule has 1 aromatic carbocycles. The Bertz CT molecular complexity index is 569. The number of fused-ring (bicyclic) bond motifs is 1. The topological polar surface area (TPSA) is 43.8 Å². The first-order chi connectivity index (χ1) is 10.2. The highest BCUT2D eigenvalue weighted by Gasteiger charge is 2.10. The molecule has 0 aliphatic heterocycles. The predicted molar refractivity (Wildman–Crippen MR) is 90.5 cm³/mol. The van der Waals surface area contributed by atoms with E-state index in [9.17, 15) is 0 Å². The average Bonchev–Trinajstić information content (AvgIpc) is 2.84. The van der Waals surface area contributed by atoms with E-state index in [1.165, 1.54) is 43.2 Å². The van der Waals surface area contributed by atoms with Gasteiger partial charge >= 0.3 is 0 Å². The highest BCUT2D eigenvalue weighted by molar-refractivity contribution is 5.77. The molecule has 116 valence electrons. The molecule has 1 aromatic heterocycles. The molecular formula is C18H29N3. The summed E-state index contributed by atoms with van der Waals surface area (Å²) in [5.41, 5.74) is 9.55. The Balaban J connectivity index is 2.17. The molecule has 0 spiro atoms. The standard InChI is InChI=1S/C18H29N3/c1-4-5-6-7-8-11-21-17-10-9-15(14(2)3)12-16(17)20-18(21)13-19/h9-10,12,14H,4-8,11,13,19H2,1-3H3. The van der Waals surface area contributed by atoms with Crippen LogP contribution in [0.25, 0.3) is 11.0 Å². The third kappa shape index (κ3) is 3.85. The van der Waals surface area contributed by atoms with Gasteiger partial charge in [-0.15, -0.1) is 0 Å². The quantitative estimate of drug-likeness (QED) is 0.722. The number of imidazole rings is 1. The minimum absolute atomic E-state index is 0.515. The van der Waals surface area contributed by atoms with Crippen LogP contribution in [0.4, 0.5) is 0 Å². The molecule has 0 unspecified atom stereocenters. The molecule has 0 amide bonds. The molecule has 3 nitrogen and oxygen atoms in total. The van der Waals surface area contributed by atoms with Crippen LogP contribution in [0, 0.1) is 0 Å². The van der Waals surface area contributed by atoms with Gasteiger partial charge in [-0.1, -0.05) is 52.5 Å². The zero-order valence-corrected chi connectivity index (χ0v) is 13.7. The first kappa shape index (κ1) is 16.0. The van der Waals surface area contributed by atoms with Crippen LogP contribution in [0.5, 0.6) is 0 Å². The highest BCUT2D eigenvalue weighted by atomic mass is 15.1. The summed E-state index contributed by atoms with van der Waals surface area (Å²) in [6.45, 7) is 8.24. The summed E-state index contributed by atoms with van der Waals surface area (Å²) in [6, 6.07) is 6.65. The summed E-state index contributed by atoms with van der Waals surface area (Å²) in [6.07, 6.45) is 6.47. The second kappa shape index (κ2) is 7.60. The van der Waals surface area contributed by atoms with E-state index in [0.29, 0.717) is 12.5 Å². The molecule has 2 rings (SSSR count). The second-order valence-electron chi connectivity index (χ2n) is 6.20. The molecule has 0 saturated carbocycles. The van der Waals surface area contributed by atoms with E-state index < -0.39 is 0 Å². The number of nitrogens with zero attached hydrogens (tertiary/aromatic N) is 2. The Kier molecular flexibility index (Phi) is 5.80. The van der Waals surface area contributed by atoms with Crippen LogP contribution in [-0.2, 0) is 13.1 Å². The number of nitrogens with two attached hydrogens (primary N) is 1. The monoisotopic (exact) mass is 287 g/mol. The number of rotatable bonds is 8. The van der Waals surface area contributed by atoms with Crippen molar-refractivity contribution in [3.63, 3.8) is 0 Å². The number of hydrogen-bond acceptors (Lipinski definition) is 2. The molecule has 0 bridgehead atoms. The highest BCUT2D eigenvalue weighted by Crippen LogP contribution is 2.23. The summed E-state index contributed by atoms with van der Waals surface area (Å²) in [5, 5.41) is 0. The zero-order chi connectivity index (χ0) is 15.2. The van der Waals surface area contributed by atoms with Crippen molar-refractivity contribution in [2.45, 2.75) is 71.9 Å². The van der Waals surface area contributed by atoms with Crippen molar-refractivity contribution >= 4 is 11.0 Å². The van der Waals surface area contributed by atoms with E-state index in [-0.39, 0.29) is 0 Å². The van der Waals surface area contributed by atoms with E-state index in [1.807, 2.05) is 0 Å². The van der Waals surface area contributed by atoms with E-state index in [4.69, 9.17) is 10.7 Å². The minimum Gasteiger partial charge on any atom is -0.327 e. The molecule has 1 heterocycles. The maximum absolute atomic E-state index is 5.88. The van der Waals surface area contributed by atoms with Crippen molar-refractivity contribution in [3.8, 4) is 0 Å². The lowest BCUT2D eigenvalue weighted by Crippen LogP contribution is -2.08. The first-order valence-electron chi connectivity index (χ1n) is 8.36. The number of aryl methyl sites for hydroxylation is 1. The maximum Gasteiger partial charge on any atom is 0.123 e. The van der Waals surface area contributed by atoms with Gasteiger partial charge < -0.3 is 10.3 Å². The number of aromatic nitrogens is 2. The Morgan fingerprint density at radius 1 is 1.14 bits per heavy atom. The molecule has 21 heavy (non-hydrogen) atoms. The fourth-order valence-electron chi connectivity index (χ4n) is 2.83. The van der Waals surface area contributed by atoms with Crippen molar-refractivity contribution in [3.05, 3.63) is 29.6 Å². The van der Waals surface area contributed by atoms with Gasteiger partial charge in [-0.25, -0.2) is 4.98 Å². The molecule has 3 heteroatoms. The second-order valence-corrected chi connectivity index (χ2v) is 6.20. The molecule has 0 saturated heterocycles. The molecule has 2 N–H and O–H groups in total. The van der Waals surface area contributed by atoms with E-state index in [2.05, 4.69) is 43.5 Å². The molecule has 0 aliphatic carbocycles. The van der Waals surface area contributed by atoms with E-state index in [1.54, 1.807) is 0 Å². The van der Waals surface area contributed by atoms with Crippen LogP contribution in [0.3, 0.4) is 0 Å². The Morgan fingerprint density at radius 2 is 1.90 bits per heavy atom. The van der Waals surface area contributed by atoms with Gasteiger partial charge in [0.05, 0.1) is 17.6 Å². The van der Waals surface area contributed by atoms with Crippen LogP contribution < -0.4 is 5.73 Å². The van der Waals surface area contributed by atoms with Gasteiger partial charge in [-0.3, -0.25) is 0 Å². The molecule has 0 radical (unpaired) electrons. The lowest BCUT2D eigenvalue weighted by Gasteiger charge is -2.09. The third-order valence-corrected chi connectivity index (χ3v) is 4.19. The van der Waals surface area contributed by atoms with Crippen molar-refractivity contribution in [2.75, 3.05) is 0 Å². The van der Waals surface area contributed by atoms with Crippen LogP contribution >= 0.6 is 0 Å². The Morgan fingerprint density at radius 3 is 2.57 bits per heavy atom. The van der Waals surface area contributed by atoms with E-state index >= 15 is 0 Å². The third-order valence-electron chi connectivity index (χ3n) is 4.19. The molecule has 0 atom stereocenters. The maximum atomic E-state index is 5.88. The van der Waals surface area contributed by atoms with Gasteiger partial charge in [0.2, 0.25) is 0 Å². The SMILES string of the molecule is CCCCCCCn1c(CN)nc2cc(C(C)C)ccc21. The molecule has 2 aromatic rings. The smallest absolute Gasteiger partial charge is 0.123 e. The number of benzene rings is 1. The fourth-order valence-corrected chi connectivity index (χ4v) is 2.83. The normalized spacial score (nSPS) is 11.7. The van der Waals surface area contributed by atoms with Gasteiger partial charge in [0.1, 0.15) is 5.82 Å². The zero-order valence-electron chi connectivity index (χ0n) is 13.7. The molecular weight excluding hydrogens is 258 g/mol. The largest absolute Gasteiger partial charge is 0.327 e. The summed E-state index contributed by atoms with van der Waals surface area (Å²) in [5.74, 6) is 1.55. The summed E-state index contributed by atoms with van der Waals surface area (Å²) >= 11 is 0.